The molecule has 0 amide bonds. The first-order valence-electron chi connectivity index (χ1n) is 5.30. The maximum atomic E-state index is 13.5. The van der Waals surface area contributed by atoms with E-state index >= 15 is 0 Å². The molecule has 16 heteroatoms. The topological polar surface area (TPSA) is 38.7 Å². The van der Waals surface area contributed by atoms with Crippen LogP contribution >= 0.6 is 0 Å². The number of hydrogen-bond acceptors (Lipinski definition) is 3. The first kappa shape index (κ1) is 23.7. The molecule has 0 saturated carbocycles. The van der Waals surface area contributed by atoms with E-state index in [-0.39, 0.29) is 0 Å². The summed E-state index contributed by atoms with van der Waals surface area (Å²) in [5, 5.41) is 8.05. The van der Waals surface area contributed by atoms with Crippen molar-refractivity contribution in [3.8, 4) is 0 Å². The van der Waals surface area contributed by atoms with Gasteiger partial charge in [0.25, 0.3) is 0 Å². The van der Waals surface area contributed by atoms with Crippen molar-refractivity contribution in [2.75, 3.05) is 6.61 Å². The summed E-state index contributed by atoms with van der Waals surface area (Å²) in [6.07, 6.45) is -27.3. The third-order valence-corrected chi connectivity index (χ3v) is 2.24. The number of hydrogen-bond donors (Lipinski definition) is 1. The first-order chi connectivity index (χ1) is 10.7. The average Bonchev–Trinajstić information content (AvgIpc) is 2.34. The minimum atomic E-state index is -7.29. The van der Waals surface area contributed by atoms with Crippen LogP contribution in [0.4, 0.5) is 57.1 Å². The first-order valence-corrected chi connectivity index (χ1v) is 5.30. The molecule has 0 aliphatic rings. The van der Waals surface area contributed by atoms with E-state index in [4.69, 9.17) is 5.11 Å². The van der Waals surface area contributed by atoms with Gasteiger partial charge in [0.1, 0.15) is 6.61 Å². The third-order valence-electron chi connectivity index (χ3n) is 2.24. The van der Waals surface area contributed by atoms with E-state index in [1.165, 1.54) is 0 Å². The van der Waals surface area contributed by atoms with Crippen LogP contribution in [0, 0.1) is 0 Å². The normalized spacial score (nSPS) is 19.3. The van der Waals surface area contributed by atoms with E-state index in [9.17, 15) is 57.1 Å². The standard InChI is InChI=1S/C9H5F13O3/c1-3(10)5(12,13)25-6(14,8(18,19)20)9(21,22)24-4(11,2-23)7(15,16)17/h23H,1-2H2. The highest BCUT2D eigenvalue weighted by Gasteiger charge is 2.80. The van der Waals surface area contributed by atoms with Crippen LogP contribution in [0.2, 0.25) is 0 Å². The summed E-state index contributed by atoms with van der Waals surface area (Å²) >= 11 is 0. The second-order valence-corrected chi connectivity index (χ2v) is 4.12. The van der Waals surface area contributed by atoms with Gasteiger partial charge in [-0.1, -0.05) is 6.58 Å². The Kier molecular flexibility index (Phi) is 6.13. The lowest BCUT2D eigenvalue weighted by atomic mass is 10.2. The molecule has 0 aromatic carbocycles. The van der Waals surface area contributed by atoms with E-state index in [1.54, 1.807) is 6.58 Å². The second kappa shape index (κ2) is 6.46. The van der Waals surface area contributed by atoms with Crippen molar-refractivity contribution >= 4 is 0 Å². The van der Waals surface area contributed by atoms with E-state index in [2.05, 4.69) is 0 Å². The molecular weight excluding hydrogens is 403 g/mol. The van der Waals surface area contributed by atoms with Gasteiger partial charge in [-0.2, -0.15) is 52.7 Å². The fraction of sp³-hybridized carbons (Fsp3) is 0.778. The molecule has 0 aromatic heterocycles. The van der Waals surface area contributed by atoms with Gasteiger partial charge in [0.15, 0.2) is 5.83 Å². The van der Waals surface area contributed by atoms with Crippen molar-refractivity contribution in [1.29, 1.82) is 0 Å². The zero-order valence-corrected chi connectivity index (χ0v) is 11.1. The molecular formula is C9H5F13O3. The van der Waals surface area contributed by atoms with Gasteiger partial charge in [0, 0.05) is 0 Å². The van der Waals surface area contributed by atoms with Gasteiger partial charge in [0.2, 0.25) is 0 Å². The minimum absolute atomic E-state index is 1.65. The summed E-state index contributed by atoms with van der Waals surface area (Å²) in [4.78, 5) is 0. The molecule has 0 aliphatic carbocycles. The van der Waals surface area contributed by atoms with Gasteiger partial charge < -0.3 is 5.11 Å². The fourth-order valence-electron chi connectivity index (χ4n) is 0.963. The van der Waals surface area contributed by atoms with Crippen LogP contribution in [0.25, 0.3) is 0 Å². The lowest BCUT2D eigenvalue weighted by molar-refractivity contribution is -0.528. The van der Waals surface area contributed by atoms with Gasteiger partial charge in [-0.05, 0) is 0 Å². The number of rotatable bonds is 7. The van der Waals surface area contributed by atoms with Gasteiger partial charge in [-0.25, -0.2) is 4.39 Å². The molecule has 3 nitrogen and oxygen atoms in total. The smallest absolute Gasteiger partial charge is 0.390 e. The largest absolute Gasteiger partial charge is 0.458 e. The molecule has 2 unspecified atom stereocenters. The fourth-order valence-corrected chi connectivity index (χ4v) is 0.963. The lowest BCUT2D eigenvalue weighted by Gasteiger charge is -2.38. The molecule has 0 radical (unpaired) electrons. The van der Waals surface area contributed by atoms with E-state index in [0.29, 0.717) is 0 Å². The SMILES string of the molecule is C=C(F)C(F)(F)OC(F)(C(F)(F)F)C(F)(F)OC(F)(CO)C(F)(F)F. The van der Waals surface area contributed by atoms with E-state index in [1.807, 2.05) is 9.47 Å². The third kappa shape index (κ3) is 4.46. The van der Waals surface area contributed by atoms with Crippen molar-refractivity contribution < 1.29 is 71.7 Å². The predicted octanol–water partition coefficient (Wildman–Crippen LogP) is 4.14. The Balaban J connectivity index is 6.17. The molecule has 150 valence electrons. The molecule has 0 aliphatic heterocycles. The highest BCUT2D eigenvalue weighted by Crippen LogP contribution is 2.53. The molecule has 0 bridgehead atoms. The van der Waals surface area contributed by atoms with E-state index in [0.717, 1.165) is 0 Å². The molecule has 0 heterocycles. The highest BCUT2D eigenvalue weighted by atomic mass is 19.4. The molecule has 0 rings (SSSR count). The van der Waals surface area contributed by atoms with Gasteiger partial charge in [-0.3, -0.25) is 9.47 Å². The highest BCUT2D eigenvalue weighted by molar-refractivity contribution is 4.97. The Morgan fingerprint density at radius 2 is 1.16 bits per heavy atom. The van der Waals surface area contributed by atoms with Crippen LogP contribution in [-0.4, -0.2) is 48.0 Å². The Hall–Kier alpha value is -1.29. The van der Waals surface area contributed by atoms with Crippen molar-refractivity contribution in [2.24, 2.45) is 0 Å². The lowest BCUT2D eigenvalue weighted by Crippen LogP contribution is -2.64. The summed E-state index contributed by atoms with van der Waals surface area (Å²) in [7, 11) is 0. The Morgan fingerprint density at radius 3 is 1.40 bits per heavy atom. The number of alkyl halides is 12. The van der Waals surface area contributed by atoms with E-state index < -0.39 is 48.7 Å². The average molecular weight is 408 g/mol. The van der Waals surface area contributed by atoms with Crippen LogP contribution < -0.4 is 0 Å². The quantitative estimate of drug-likeness (QED) is 0.644. The Bertz CT molecular complexity index is 498. The monoisotopic (exact) mass is 408 g/mol. The van der Waals surface area contributed by atoms with Gasteiger partial charge in [-0.15, -0.1) is 0 Å². The van der Waals surface area contributed by atoms with Crippen molar-refractivity contribution in [3.63, 3.8) is 0 Å². The van der Waals surface area contributed by atoms with Crippen molar-refractivity contribution in [2.45, 2.75) is 36.3 Å². The van der Waals surface area contributed by atoms with Crippen molar-refractivity contribution in [3.05, 3.63) is 12.4 Å². The molecule has 0 saturated heterocycles. The van der Waals surface area contributed by atoms with Crippen LogP contribution in [0.5, 0.6) is 0 Å². The van der Waals surface area contributed by atoms with Gasteiger partial charge >= 0.3 is 36.3 Å². The summed E-state index contributed by atoms with van der Waals surface area (Å²) < 4.78 is 168. The van der Waals surface area contributed by atoms with Gasteiger partial charge in [0.05, 0.1) is 0 Å². The number of aliphatic hydroxyl groups excluding tert-OH is 1. The van der Waals surface area contributed by atoms with Crippen LogP contribution in [0.3, 0.4) is 0 Å². The summed E-state index contributed by atoms with van der Waals surface area (Å²) in [5.74, 6) is -16.5. The van der Waals surface area contributed by atoms with Crippen LogP contribution in [-0.2, 0) is 9.47 Å². The number of aliphatic hydroxyl groups is 1. The number of halogens is 13. The van der Waals surface area contributed by atoms with Crippen LogP contribution in [0.15, 0.2) is 12.4 Å². The summed E-state index contributed by atoms with van der Waals surface area (Å²) in [6, 6.07) is 0. The summed E-state index contributed by atoms with van der Waals surface area (Å²) in [6.45, 7) is -1.47. The Labute approximate surface area is 128 Å². The summed E-state index contributed by atoms with van der Waals surface area (Å²) in [5.41, 5.74) is 0. The zero-order valence-electron chi connectivity index (χ0n) is 11.1. The molecule has 25 heavy (non-hydrogen) atoms. The second-order valence-electron chi connectivity index (χ2n) is 4.12. The number of ether oxygens (including phenoxy) is 2. The maximum Gasteiger partial charge on any atom is 0.458 e. The molecule has 1 N–H and O–H groups in total. The minimum Gasteiger partial charge on any atom is -0.390 e. The Morgan fingerprint density at radius 1 is 0.760 bits per heavy atom. The molecule has 0 aromatic rings. The van der Waals surface area contributed by atoms with Crippen LogP contribution in [0.1, 0.15) is 0 Å². The maximum absolute atomic E-state index is 13.5. The zero-order chi connectivity index (χ0) is 20.7. The van der Waals surface area contributed by atoms with Crippen molar-refractivity contribution in [1.82, 2.24) is 0 Å². The molecule has 2 atom stereocenters. The predicted molar refractivity (Wildman–Crippen MR) is 49.2 cm³/mol. The molecule has 0 fully saturated rings. The molecule has 0 spiro atoms.